The maximum absolute atomic E-state index is 13.2. The normalized spacial score (nSPS) is 10.7. The number of anilines is 1. The van der Waals surface area contributed by atoms with Crippen molar-refractivity contribution < 1.29 is 9.59 Å². The Morgan fingerprint density at radius 2 is 1.57 bits per heavy atom. The van der Waals surface area contributed by atoms with E-state index in [1.165, 1.54) is 0 Å². The highest BCUT2D eigenvalue weighted by molar-refractivity contribution is 6.42. The molecule has 0 atom stereocenters. The number of benzene rings is 3. The molecule has 0 saturated carbocycles. The van der Waals surface area contributed by atoms with Gasteiger partial charge >= 0.3 is 0 Å². The van der Waals surface area contributed by atoms with Gasteiger partial charge in [0.1, 0.15) is 0 Å². The quantitative estimate of drug-likeness (QED) is 0.439. The Labute approximate surface area is 182 Å². The number of hydrogen-bond donors (Lipinski definition) is 2. The van der Waals surface area contributed by atoms with E-state index in [9.17, 15) is 9.59 Å². The molecule has 1 heterocycles. The number of hydrogen-bond acceptors (Lipinski definition) is 3. The monoisotopic (exact) mass is 435 g/mol. The van der Waals surface area contributed by atoms with Crippen LogP contribution in [0.3, 0.4) is 0 Å². The van der Waals surface area contributed by atoms with Gasteiger partial charge in [-0.25, -0.2) is 4.98 Å². The van der Waals surface area contributed by atoms with Gasteiger partial charge in [0.15, 0.2) is 0 Å². The number of amides is 2. The molecule has 2 amide bonds. The van der Waals surface area contributed by atoms with Gasteiger partial charge in [0.25, 0.3) is 11.8 Å². The largest absolute Gasteiger partial charge is 0.366 e. The first-order valence-corrected chi connectivity index (χ1v) is 9.75. The average molecular weight is 436 g/mol. The molecule has 4 rings (SSSR count). The molecule has 0 saturated heterocycles. The van der Waals surface area contributed by atoms with Crippen LogP contribution in [0.2, 0.25) is 10.0 Å². The lowest BCUT2D eigenvalue weighted by Crippen LogP contribution is -2.18. The second kappa shape index (κ2) is 8.14. The summed E-state index contributed by atoms with van der Waals surface area (Å²) in [6.45, 7) is 0. The van der Waals surface area contributed by atoms with Gasteiger partial charge in [-0.2, -0.15) is 0 Å². The number of carbonyl (C=O) groups is 2. The summed E-state index contributed by atoms with van der Waals surface area (Å²) in [7, 11) is 0. The lowest BCUT2D eigenvalue weighted by atomic mass is 10.0. The van der Waals surface area contributed by atoms with Crippen molar-refractivity contribution in [1.29, 1.82) is 0 Å². The van der Waals surface area contributed by atoms with E-state index in [4.69, 9.17) is 28.9 Å². The highest BCUT2D eigenvalue weighted by Gasteiger charge is 2.17. The third kappa shape index (κ3) is 3.85. The highest BCUT2D eigenvalue weighted by Crippen LogP contribution is 2.30. The van der Waals surface area contributed by atoms with Crippen molar-refractivity contribution in [3.8, 4) is 11.3 Å². The number of nitrogens with two attached hydrogens (primary N) is 1. The first-order chi connectivity index (χ1) is 14.4. The smallest absolute Gasteiger partial charge is 0.256 e. The maximum atomic E-state index is 13.2. The molecule has 30 heavy (non-hydrogen) atoms. The van der Waals surface area contributed by atoms with E-state index in [2.05, 4.69) is 10.3 Å². The SMILES string of the molecule is NC(=O)c1ccccc1NC(=O)c1cc(-c2ccc(Cl)c(Cl)c2)nc2ccccc12. The van der Waals surface area contributed by atoms with Crippen LogP contribution < -0.4 is 11.1 Å². The fraction of sp³-hybridized carbons (Fsp3) is 0. The van der Waals surface area contributed by atoms with E-state index in [0.29, 0.717) is 37.9 Å². The van der Waals surface area contributed by atoms with E-state index < -0.39 is 5.91 Å². The predicted octanol–water partition coefficient (Wildman–Crippen LogP) is 5.56. The molecular weight excluding hydrogens is 421 g/mol. The fourth-order valence-corrected chi connectivity index (χ4v) is 3.46. The molecule has 7 heteroatoms. The number of para-hydroxylation sites is 2. The van der Waals surface area contributed by atoms with Crippen LogP contribution >= 0.6 is 23.2 Å². The Hall–Kier alpha value is -3.41. The number of primary amides is 1. The Kier molecular flexibility index (Phi) is 5.40. The van der Waals surface area contributed by atoms with E-state index in [-0.39, 0.29) is 11.5 Å². The minimum atomic E-state index is -0.623. The first-order valence-electron chi connectivity index (χ1n) is 8.99. The number of nitrogens with zero attached hydrogens (tertiary/aromatic N) is 1. The number of carbonyl (C=O) groups excluding carboxylic acids is 2. The summed E-state index contributed by atoms with van der Waals surface area (Å²) in [6.07, 6.45) is 0. The number of pyridine rings is 1. The zero-order chi connectivity index (χ0) is 21.3. The molecule has 3 aromatic carbocycles. The molecule has 0 aliphatic rings. The Morgan fingerprint density at radius 1 is 0.833 bits per heavy atom. The molecule has 3 N–H and O–H groups in total. The van der Waals surface area contributed by atoms with Gasteiger partial charge < -0.3 is 11.1 Å². The highest BCUT2D eigenvalue weighted by atomic mass is 35.5. The minimum absolute atomic E-state index is 0.230. The molecular formula is C23H15Cl2N3O2. The molecule has 0 radical (unpaired) electrons. The van der Waals surface area contributed by atoms with Crippen LogP contribution in [0.15, 0.2) is 72.8 Å². The van der Waals surface area contributed by atoms with E-state index in [0.717, 1.165) is 5.56 Å². The van der Waals surface area contributed by atoms with Crippen LogP contribution in [0.4, 0.5) is 5.69 Å². The van der Waals surface area contributed by atoms with Crippen molar-refractivity contribution in [2.24, 2.45) is 5.73 Å². The zero-order valence-electron chi connectivity index (χ0n) is 15.5. The summed E-state index contributed by atoms with van der Waals surface area (Å²) in [5, 5.41) is 4.29. The van der Waals surface area contributed by atoms with Gasteiger partial charge in [-0.05, 0) is 36.4 Å². The summed E-state index contributed by atoms with van der Waals surface area (Å²) < 4.78 is 0. The lowest BCUT2D eigenvalue weighted by molar-refractivity contribution is 0.100. The number of nitrogens with one attached hydrogen (secondary N) is 1. The molecule has 4 aromatic rings. The molecule has 0 aliphatic carbocycles. The lowest BCUT2D eigenvalue weighted by Gasteiger charge is -2.12. The molecule has 5 nitrogen and oxygen atoms in total. The zero-order valence-corrected chi connectivity index (χ0v) is 17.0. The molecule has 0 bridgehead atoms. The number of rotatable bonds is 4. The van der Waals surface area contributed by atoms with Gasteiger partial charge in [-0.1, -0.05) is 59.6 Å². The summed E-state index contributed by atoms with van der Waals surface area (Å²) in [5.41, 5.74) is 8.34. The Morgan fingerprint density at radius 3 is 2.33 bits per heavy atom. The van der Waals surface area contributed by atoms with Crippen LogP contribution in [0, 0.1) is 0 Å². The number of halogens is 2. The van der Waals surface area contributed by atoms with E-state index in [1.807, 2.05) is 24.3 Å². The topological polar surface area (TPSA) is 85.1 Å². The van der Waals surface area contributed by atoms with Crippen molar-refractivity contribution in [3.05, 3.63) is 94.0 Å². The van der Waals surface area contributed by atoms with Crippen LogP contribution in [0.1, 0.15) is 20.7 Å². The van der Waals surface area contributed by atoms with Gasteiger partial charge in [-0.15, -0.1) is 0 Å². The number of fused-ring (bicyclic) bond motifs is 1. The van der Waals surface area contributed by atoms with Crippen molar-refractivity contribution in [1.82, 2.24) is 4.98 Å². The predicted molar refractivity (Wildman–Crippen MR) is 120 cm³/mol. The summed E-state index contributed by atoms with van der Waals surface area (Å²) >= 11 is 12.2. The van der Waals surface area contributed by atoms with Gasteiger partial charge in [0.05, 0.1) is 38.1 Å². The van der Waals surface area contributed by atoms with Crippen molar-refractivity contribution in [3.63, 3.8) is 0 Å². The second-order valence-corrected chi connectivity index (χ2v) is 7.38. The summed E-state index contributed by atoms with van der Waals surface area (Å²) in [6, 6.07) is 20.7. The van der Waals surface area contributed by atoms with Gasteiger partial charge in [0.2, 0.25) is 0 Å². The average Bonchev–Trinajstić information content (AvgIpc) is 2.75. The van der Waals surface area contributed by atoms with Gasteiger partial charge in [0, 0.05) is 10.9 Å². The van der Waals surface area contributed by atoms with Crippen LogP contribution in [0.5, 0.6) is 0 Å². The number of aromatic nitrogens is 1. The van der Waals surface area contributed by atoms with Crippen LogP contribution in [-0.4, -0.2) is 16.8 Å². The third-order valence-corrected chi connectivity index (χ3v) is 5.36. The molecule has 0 aliphatic heterocycles. The minimum Gasteiger partial charge on any atom is -0.366 e. The van der Waals surface area contributed by atoms with E-state index in [1.54, 1.807) is 48.5 Å². The van der Waals surface area contributed by atoms with E-state index >= 15 is 0 Å². The maximum Gasteiger partial charge on any atom is 0.256 e. The second-order valence-electron chi connectivity index (χ2n) is 6.57. The molecule has 0 spiro atoms. The molecule has 148 valence electrons. The standard InChI is InChI=1S/C23H15Cl2N3O2/c24-17-10-9-13(11-18(17)25)21-12-16(14-5-1-3-7-19(14)27-21)23(30)28-20-8-4-2-6-15(20)22(26)29/h1-12H,(H2,26,29)(H,28,30). The molecule has 0 fully saturated rings. The molecule has 1 aromatic heterocycles. The van der Waals surface area contributed by atoms with Crippen molar-refractivity contribution in [2.45, 2.75) is 0 Å². The fourth-order valence-electron chi connectivity index (χ4n) is 3.16. The molecule has 0 unspecified atom stereocenters. The van der Waals surface area contributed by atoms with Crippen molar-refractivity contribution >= 4 is 51.6 Å². The van der Waals surface area contributed by atoms with Gasteiger partial charge in [-0.3, -0.25) is 9.59 Å². The first kappa shape index (κ1) is 19.9. The van der Waals surface area contributed by atoms with Crippen LogP contribution in [-0.2, 0) is 0 Å². The van der Waals surface area contributed by atoms with Crippen LogP contribution in [0.25, 0.3) is 22.2 Å². The summed E-state index contributed by atoms with van der Waals surface area (Å²) in [4.78, 5) is 29.5. The summed E-state index contributed by atoms with van der Waals surface area (Å²) in [5.74, 6) is -1.01. The Bertz CT molecular complexity index is 1300. The van der Waals surface area contributed by atoms with Crippen molar-refractivity contribution in [2.75, 3.05) is 5.32 Å². The third-order valence-electron chi connectivity index (χ3n) is 4.62. The Balaban J connectivity index is 1.82.